The van der Waals surface area contributed by atoms with Crippen LogP contribution in [-0.2, 0) is 9.63 Å². The Bertz CT molecular complexity index is 311. The van der Waals surface area contributed by atoms with Gasteiger partial charge in [-0.1, -0.05) is 11.2 Å². The van der Waals surface area contributed by atoms with Crippen LogP contribution < -0.4 is 0 Å². The molecule has 74 valence electrons. The molecule has 0 saturated carbocycles. The van der Waals surface area contributed by atoms with Gasteiger partial charge in [0, 0.05) is 18.0 Å². The number of carboxylic acids is 1. The molecule has 0 saturated heterocycles. The predicted octanol–water partition coefficient (Wildman–Crippen LogP) is 0.907. The Labute approximate surface area is 81.0 Å². The molecular formula is C9H10N2O3. The van der Waals surface area contributed by atoms with Crippen molar-refractivity contribution in [1.29, 1.82) is 0 Å². The molecule has 14 heavy (non-hydrogen) atoms. The van der Waals surface area contributed by atoms with Crippen molar-refractivity contribution in [3.63, 3.8) is 0 Å². The lowest BCUT2D eigenvalue weighted by atomic mass is 10.3. The summed E-state index contributed by atoms with van der Waals surface area (Å²) in [6.45, 7) is 0.0755. The fraction of sp³-hybridized carbons (Fsp3) is 0.222. The van der Waals surface area contributed by atoms with Crippen LogP contribution in [0, 0.1) is 0 Å². The van der Waals surface area contributed by atoms with Gasteiger partial charge in [0.25, 0.3) is 0 Å². The van der Waals surface area contributed by atoms with Gasteiger partial charge in [0.2, 0.25) is 0 Å². The monoisotopic (exact) mass is 194 g/mol. The third kappa shape index (κ3) is 4.20. The van der Waals surface area contributed by atoms with E-state index in [0.29, 0.717) is 0 Å². The maximum absolute atomic E-state index is 10.1. The first-order chi connectivity index (χ1) is 6.79. The molecule has 0 bridgehead atoms. The van der Waals surface area contributed by atoms with Crippen LogP contribution in [0.15, 0.2) is 29.7 Å². The highest BCUT2D eigenvalue weighted by molar-refractivity contribution is 5.78. The van der Waals surface area contributed by atoms with Crippen LogP contribution in [-0.4, -0.2) is 28.9 Å². The van der Waals surface area contributed by atoms with Gasteiger partial charge in [0.1, 0.15) is 6.61 Å². The minimum atomic E-state index is -0.901. The molecule has 1 aromatic rings. The molecule has 0 aliphatic rings. The maximum atomic E-state index is 10.1. The van der Waals surface area contributed by atoms with E-state index < -0.39 is 5.97 Å². The molecule has 5 nitrogen and oxygen atoms in total. The summed E-state index contributed by atoms with van der Waals surface area (Å²) >= 11 is 0. The number of nitrogens with zero attached hydrogens (tertiary/aromatic N) is 2. The fourth-order valence-corrected chi connectivity index (χ4v) is 0.736. The largest absolute Gasteiger partial charge is 0.481 e. The molecule has 0 aromatic carbocycles. The van der Waals surface area contributed by atoms with Crippen LogP contribution in [0.4, 0.5) is 0 Å². The molecule has 0 spiro atoms. The lowest BCUT2D eigenvalue weighted by Crippen LogP contribution is -1.99. The van der Waals surface area contributed by atoms with Crippen molar-refractivity contribution >= 4 is 12.2 Å². The SMILES string of the molecule is O=C(O)CCO/N=C/c1cccnc1. The molecule has 0 radical (unpaired) electrons. The minimum absolute atomic E-state index is 0.0512. The van der Waals surface area contributed by atoms with E-state index in [1.54, 1.807) is 18.5 Å². The third-order valence-electron chi connectivity index (χ3n) is 1.37. The number of pyridine rings is 1. The Kier molecular flexibility index (Phi) is 4.13. The van der Waals surface area contributed by atoms with E-state index in [-0.39, 0.29) is 13.0 Å². The first-order valence-corrected chi connectivity index (χ1v) is 4.06. The van der Waals surface area contributed by atoms with Gasteiger partial charge in [-0.15, -0.1) is 0 Å². The van der Waals surface area contributed by atoms with E-state index in [9.17, 15) is 4.79 Å². The molecule has 0 amide bonds. The Morgan fingerprint density at radius 1 is 1.71 bits per heavy atom. The molecule has 0 aliphatic carbocycles. The number of rotatable bonds is 5. The van der Waals surface area contributed by atoms with Gasteiger partial charge in [-0.2, -0.15) is 0 Å². The van der Waals surface area contributed by atoms with Gasteiger partial charge in [0.15, 0.2) is 0 Å². The van der Waals surface area contributed by atoms with E-state index >= 15 is 0 Å². The summed E-state index contributed by atoms with van der Waals surface area (Å²) in [5, 5.41) is 11.9. The van der Waals surface area contributed by atoms with Gasteiger partial charge in [-0.05, 0) is 6.07 Å². The second kappa shape index (κ2) is 5.69. The second-order valence-electron chi connectivity index (χ2n) is 2.50. The van der Waals surface area contributed by atoms with Gasteiger partial charge < -0.3 is 9.94 Å². The zero-order valence-corrected chi connectivity index (χ0v) is 7.46. The summed E-state index contributed by atoms with van der Waals surface area (Å²) in [5.74, 6) is -0.901. The van der Waals surface area contributed by atoms with Crippen molar-refractivity contribution in [2.75, 3.05) is 6.61 Å². The van der Waals surface area contributed by atoms with Gasteiger partial charge in [-0.3, -0.25) is 9.78 Å². The summed E-state index contributed by atoms with van der Waals surface area (Å²) in [6.07, 6.45) is 4.71. The van der Waals surface area contributed by atoms with Crippen LogP contribution >= 0.6 is 0 Å². The Balaban J connectivity index is 2.25. The lowest BCUT2D eigenvalue weighted by molar-refractivity contribution is -0.138. The highest BCUT2D eigenvalue weighted by atomic mass is 16.6. The quantitative estimate of drug-likeness (QED) is 0.429. The molecule has 1 heterocycles. The molecule has 0 aliphatic heterocycles. The van der Waals surface area contributed by atoms with Gasteiger partial charge in [0.05, 0.1) is 12.6 Å². The van der Waals surface area contributed by atoms with Crippen molar-refractivity contribution in [1.82, 2.24) is 4.98 Å². The Morgan fingerprint density at radius 3 is 3.21 bits per heavy atom. The van der Waals surface area contributed by atoms with Crippen LogP contribution in [0.3, 0.4) is 0 Å². The zero-order valence-electron chi connectivity index (χ0n) is 7.46. The van der Waals surface area contributed by atoms with E-state index in [2.05, 4.69) is 10.1 Å². The number of carbonyl (C=O) groups is 1. The van der Waals surface area contributed by atoms with E-state index in [1.165, 1.54) is 6.21 Å². The molecule has 1 aromatic heterocycles. The van der Waals surface area contributed by atoms with Crippen molar-refractivity contribution < 1.29 is 14.7 Å². The van der Waals surface area contributed by atoms with Gasteiger partial charge in [-0.25, -0.2) is 0 Å². The molecule has 0 unspecified atom stereocenters. The number of hydrogen-bond acceptors (Lipinski definition) is 4. The molecular weight excluding hydrogens is 184 g/mol. The number of oxime groups is 1. The number of carboxylic acid groups (broad SMARTS) is 1. The summed E-state index contributed by atoms with van der Waals surface area (Å²) < 4.78 is 0. The average Bonchev–Trinajstić information content (AvgIpc) is 2.18. The first kappa shape index (κ1) is 10.2. The highest BCUT2D eigenvalue weighted by Crippen LogP contribution is 1.91. The summed E-state index contributed by atoms with van der Waals surface area (Å²) in [6, 6.07) is 3.59. The van der Waals surface area contributed by atoms with Crippen molar-refractivity contribution in [2.24, 2.45) is 5.16 Å². The molecule has 1 N–H and O–H groups in total. The second-order valence-corrected chi connectivity index (χ2v) is 2.50. The molecule has 1 rings (SSSR count). The topological polar surface area (TPSA) is 71.8 Å². The van der Waals surface area contributed by atoms with Crippen LogP contribution in [0.1, 0.15) is 12.0 Å². The van der Waals surface area contributed by atoms with Crippen molar-refractivity contribution in [3.05, 3.63) is 30.1 Å². The van der Waals surface area contributed by atoms with E-state index in [1.807, 2.05) is 6.07 Å². The summed E-state index contributed by atoms with van der Waals surface area (Å²) in [5.41, 5.74) is 0.808. The zero-order chi connectivity index (χ0) is 10.2. The smallest absolute Gasteiger partial charge is 0.306 e. The summed E-state index contributed by atoms with van der Waals surface area (Å²) in [4.78, 5) is 18.7. The minimum Gasteiger partial charge on any atom is -0.481 e. The van der Waals surface area contributed by atoms with E-state index in [0.717, 1.165) is 5.56 Å². The lowest BCUT2D eigenvalue weighted by Gasteiger charge is -1.94. The average molecular weight is 194 g/mol. The summed E-state index contributed by atoms with van der Waals surface area (Å²) in [7, 11) is 0. The standard InChI is InChI=1S/C9H10N2O3/c12-9(13)3-5-14-11-7-8-2-1-4-10-6-8/h1-2,4,6-7H,3,5H2,(H,12,13)/b11-7+. The normalized spacial score (nSPS) is 10.3. The Hall–Kier alpha value is -1.91. The van der Waals surface area contributed by atoms with E-state index in [4.69, 9.17) is 9.94 Å². The van der Waals surface area contributed by atoms with Crippen molar-refractivity contribution in [3.8, 4) is 0 Å². The van der Waals surface area contributed by atoms with Crippen LogP contribution in [0.2, 0.25) is 0 Å². The Morgan fingerprint density at radius 2 is 2.57 bits per heavy atom. The van der Waals surface area contributed by atoms with Gasteiger partial charge >= 0.3 is 5.97 Å². The van der Waals surface area contributed by atoms with Crippen molar-refractivity contribution in [2.45, 2.75) is 6.42 Å². The third-order valence-corrected chi connectivity index (χ3v) is 1.37. The highest BCUT2D eigenvalue weighted by Gasteiger charge is 1.94. The number of aromatic nitrogens is 1. The van der Waals surface area contributed by atoms with Crippen LogP contribution in [0.25, 0.3) is 0 Å². The molecule has 0 atom stereocenters. The number of hydrogen-bond donors (Lipinski definition) is 1. The number of aliphatic carboxylic acids is 1. The molecule has 0 fully saturated rings. The fourth-order valence-electron chi connectivity index (χ4n) is 0.736. The first-order valence-electron chi connectivity index (χ1n) is 4.06. The van der Waals surface area contributed by atoms with Crippen LogP contribution in [0.5, 0.6) is 0 Å². The molecule has 5 heteroatoms. The maximum Gasteiger partial charge on any atom is 0.306 e. The predicted molar refractivity (Wildman–Crippen MR) is 50.0 cm³/mol.